The van der Waals surface area contributed by atoms with Crippen LogP contribution in [0.1, 0.15) is 24.2 Å². The normalized spacial score (nSPS) is 11.8. The smallest absolute Gasteiger partial charge is 0.251 e. The number of nitrogens with zero attached hydrogens (tertiary/aromatic N) is 1. The van der Waals surface area contributed by atoms with Gasteiger partial charge in [0.15, 0.2) is 0 Å². The Hall–Kier alpha value is -1.11. The molecular weight excluding hydrogens is 343 g/mol. The van der Waals surface area contributed by atoms with E-state index in [2.05, 4.69) is 27.9 Å². The van der Waals surface area contributed by atoms with Gasteiger partial charge in [0.2, 0.25) is 5.91 Å². The van der Waals surface area contributed by atoms with Crippen molar-refractivity contribution >= 4 is 34.4 Å². The van der Waals surface area contributed by atoms with Crippen molar-refractivity contribution in [3.63, 3.8) is 0 Å². The number of likely N-dealkylation sites (N-methyl/N-ethyl adjacent to an activating group) is 1. The van der Waals surface area contributed by atoms with E-state index >= 15 is 0 Å². The third-order valence-corrected chi connectivity index (χ3v) is 3.33. The average Bonchev–Trinajstić information content (AvgIpc) is 2.36. The topological polar surface area (TPSA) is 49.4 Å². The minimum atomic E-state index is -0.514. The largest absolute Gasteiger partial charge is 0.344 e. The van der Waals surface area contributed by atoms with Crippen molar-refractivity contribution in [3.05, 3.63) is 33.4 Å². The Morgan fingerprint density at radius 2 is 2.11 bits per heavy atom. The van der Waals surface area contributed by atoms with Gasteiger partial charge in [-0.15, -0.1) is 0 Å². The Morgan fingerprint density at radius 3 is 2.67 bits per heavy atom. The highest BCUT2D eigenvalue weighted by Gasteiger charge is 2.19. The predicted octanol–water partition coefficient (Wildman–Crippen LogP) is 1.89. The molecular formula is C13H17IN2O2. The van der Waals surface area contributed by atoms with Crippen molar-refractivity contribution in [1.82, 2.24) is 10.2 Å². The van der Waals surface area contributed by atoms with Crippen molar-refractivity contribution in [2.75, 3.05) is 13.6 Å². The monoisotopic (exact) mass is 360 g/mol. The predicted molar refractivity (Wildman–Crippen MR) is 79.4 cm³/mol. The van der Waals surface area contributed by atoms with E-state index in [9.17, 15) is 9.59 Å². The van der Waals surface area contributed by atoms with Crippen LogP contribution < -0.4 is 5.32 Å². The summed E-state index contributed by atoms with van der Waals surface area (Å²) in [6, 6.07) is 6.74. The van der Waals surface area contributed by atoms with Gasteiger partial charge in [0, 0.05) is 22.7 Å². The summed E-state index contributed by atoms with van der Waals surface area (Å²) in [4.78, 5) is 25.3. The third kappa shape index (κ3) is 3.97. The van der Waals surface area contributed by atoms with Crippen molar-refractivity contribution in [2.24, 2.45) is 0 Å². The highest BCUT2D eigenvalue weighted by molar-refractivity contribution is 14.1. The molecule has 0 saturated heterocycles. The molecule has 0 aliphatic carbocycles. The molecule has 1 atom stereocenters. The summed E-state index contributed by atoms with van der Waals surface area (Å²) in [6.45, 7) is 4.22. The van der Waals surface area contributed by atoms with Gasteiger partial charge < -0.3 is 10.2 Å². The van der Waals surface area contributed by atoms with Gasteiger partial charge in [-0.25, -0.2) is 0 Å². The fraction of sp³-hybridized carbons (Fsp3) is 0.385. The highest BCUT2D eigenvalue weighted by Crippen LogP contribution is 2.08. The number of benzene rings is 1. The van der Waals surface area contributed by atoms with Gasteiger partial charge in [0.25, 0.3) is 5.91 Å². The van der Waals surface area contributed by atoms with Crippen LogP contribution in [-0.2, 0) is 4.79 Å². The Balaban J connectivity index is 2.68. The van der Waals surface area contributed by atoms with Gasteiger partial charge in [-0.05, 0) is 54.6 Å². The summed E-state index contributed by atoms with van der Waals surface area (Å²) in [5.41, 5.74) is 0.570. The van der Waals surface area contributed by atoms with Crippen LogP contribution in [0.25, 0.3) is 0 Å². The van der Waals surface area contributed by atoms with Crippen molar-refractivity contribution < 1.29 is 9.59 Å². The van der Waals surface area contributed by atoms with E-state index in [1.807, 2.05) is 19.1 Å². The number of hydrogen-bond donors (Lipinski definition) is 1. The van der Waals surface area contributed by atoms with E-state index in [1.165, 1.54) is 0 Å². The number of halogens is 1. The van der Waals surface area contributed by atoms with E-state index in [0.717, 1.165) is 3.57 Å². The first kappa shape index (κ1) is 14.9. The Bertz CT molecular complexity index is 448. The van der Waals surface area contributed by atoms with Crippen molar-refractivity contribution in [2.45, 2.75) is 19.9 Å². The summed E-state index contributed by atoms with van der Waals surface area (Å²) in [6.07, 6.45) is 0. The molecule has 4 nitrogen and oxygen atoms in total. The molecule has 0 heterocycles. The van der Waals surface area contributed by atoms with Gasteiger partial charge in [0.05, 0.1) is 0 Å². The van der Waals surface area contributed by atoms with E-state index in [4.69, 9.17) is 0 Å². The van der Waals surface area contributed by atoms with E-state index in [1.54, 1.807) is 31.0 Å². The molecule has 5 heteroatoms. The van der Waals surface area contributed by atoms with E-state index < -0.39 is 6.04 Å². The lowest BCUT2D eigenvalue weighted by molar-refractivity contribution is -0.131. The van der Waals surface area contributed by atoms with Crippen molar-refractivity contribution in [3.8, 4) is 0 Å². The Labute approximate surface area is 121 Å². The summed E-state index contributed by atoms with van der Waals surface area (Å²) in [5, 5.41) is 2.70. The maximum atomic E-state index is 11.9. The number of carbonyl (C=O) groups excluding carboxylic acids is 2. The molecule has 0 saturated carbocycles. The molecule has 0 fully saturated rings. The molecule has 0 aliphatic rings. The lowest BCUT2D eigenvalue weighted by Crippen LogP contribution is -2.45. The molecule has 1 rings (SSSR count). The highest BCUT2D eigenvalue weighted by atomic mass is 127. The summed E-state index contributed by atoms with van der Waals surface area (Å²) >= 11 is 2.15. The molecule has 1 aromatic carbocycles. The van der Waals surface area contributed by atoms with Gasteiger partial charge in [0.1, 0.15) is 6.04 Å². The fourth-order valence-corrected chi connectivity index (χ4v) is 2.00. The average molecular weight is 360 g/mol. The number of rotatable bonds is 4. The van der Waals surface area contributed by atoms with E-state index in [-0.39, 0.29) is 11.8 Å². The zero-order valence-corrected chi connectivity index (χ0v) is 12.9. The molecule has 0 spiro atoms. The first-order valence-corrected chi connectivity index (χ1v) is 6.85. The second kappa shape index (κ2) is 6.72. The lowest BCUT2D eigenvalue weighted by atomic mass is 10.2. The summed E-state index contributed by atoms with van der Waals surface area (Å²) < 4.78 is 0.991. The van der Waals surface area contributed by atoms with Gasteiger partial charge in [-0.1, -0.05) is 6.07 Å². The van der Waals surface area contributed by atoms with Crippen LogP contribution in [0.2, 0.25) is 0 Å². The first-order valence-electron chi connectivity index (χ1n) is 5.77. The maximum absolute atomic E-state index is 11.9. The molecule has 98 valence electrons. The number of amides is 2. The molecule has 1 aromatic rings. The zero-order valence-electron chi connectivity index (χ0n) is 10.7. The summed E-state index contributed by atoms with van der Waals surface area (Å²) in [7, 11) is 1.72. The second-order valence-electron chi connectivity index (χ2n) is 4.06. The summed E-state index contributed by atoms with van der Waals surface area (Å²) in [5.74, 6) is -0.310. The molecule has 0 bridgehead atoms. The molecule has 1 unspecified atom stereocenters. The first-order chi connectivity index (χ1) is 8.45. The standard InChI is InChI=1S/C13H17IN2O2/c1-4-16(3)13(18)9(2)15-12(17)10-6-5-7-11(14)8-10/h5-9H,4H2,1-3H3,(H,15,17). The van der Waals surface area contributed by atoms with Gasteiger partial charge in [-0.3, -0.25) is 9.59 Å². The van der Waals surface area contributed by atoms with Crippen LogP contribution in [-0.4, -0.2) is 36.3 Å². The van der Waals surface area contributed by atoms with Crippen LogP contribution >= 0.6 is 22.6 Å². The lowest BCUT2D eigenvalue weighted by Gasteiger charge is -2.20. The Morgan fingerprint density at radius 1 is 1.44 bits per heavy atom. The van der Waals surface area contributed by atoms with Crippen LogP contribution in [0.5, 0.6) is 0 Å². The van der Waals surface area contributed by atoms with Gasteiger partial charge >= 0.3 is 0 Å². The number of carbonyl (C=O) groups is 2. The molecule has 2 amide bonds. The molecule has 0 radical (unpaired) electrons. The van der Waals surface area contributed by atoms with Crippen LogP contribution in [0.15, 0.2) is 24.3 Å². The van der Waals surface area contributed by atoms with Crippen LogP contribution in [0, 0.1) is 3.57 Å². The SMILES string of the molecule is CCN(C)C(=O)C(C)NC(=O)c1cccc(I)c1. The third-order valence-electron chi connectivity index (χ3n) is 2.66. The molecule has 0 aliphatic heterocycles. The van der Waals surface area contributed by atoms with Crippen molar-refractivity contribution in [1.29, 1.82) is 0 Å². The minimum Gasteiger partial charge on any atom is -0.344 e. The van der Waals surface area contributed by atoms with Gasteiger partial charge in [-0.2, -0.15) is 0 Å². The second-order valence-corrected chi connectivity index (χ2v) is 5.30. The van der Waals surface area contributed by atoms with E-state index in [0.29, 0.717) is 12.1 Å². The number of hydrogen-bond acceptors (Lipinski definition) is 2. The molecule has 18 heavy (non-hydrogen) atoms. The quantitative estimate of drug-likeness (QED) is 0.834. The molecule has 1 N–H and O–H groups in total. The number of nitrogens with one attached hydrogen (secondary N) is 1. The Kier molecular flexibility index (Phi) is 5.58. The van der Waals surface area contributed by atoms with Crippen LogP contribution in [0.4, 0.5) is 0 Å². The molecule has 0 aromatic heterocycles. The van der Waals surface area contributed by atoms with Crippen LogP contribution in [0.3, 0.4) is 0 Å². The fourth-order valence-electron chi connectivity index (χ4n) is 1.46. The maximum Gasteiger partial charge on any atom is 0.251 e. The minimum absolute atomic E-state index is 0.0866. The zero-order chi connectivity index (χ0) is 13.7.